The Morgan fingerprint density at radius 3 is 2.56 bits per heavy atom. The van der Waals surface area contributed by atoms with E-state index in [1.54, 1.807) is 7.11 Å². The Balaban J connectivity index is 2.49. The van der Waals surface area contributed by atoms with Crippen molar-refractivity contribution in [1.29, 1.82) is 0 Å². The van der Waals surface area contributed by atoms with E-state index < -0.39 is 0 Å². The molecule has 1 unspecified atom stereocenters. The average Bonchev–Trinajstić information content (AvgIpc) is 2.34. The van der Waals surface area contributed by atoms with E-state index in [1.807, 2.05) is 13.1 Å². The van der Waals surface area contributed by atoms with Crippen molar-refractivity contribution in [2.45, 2.75) is 6.04 Å². The van der Waals surface area contributed by atoms with Crippen LogP contribution in [0.3, 0.4) is 0 Å². The summed E-state index contributed by atoms with van der Waals surface area (Å²) in [6.07, 6.45) is 0. The van der Waals surface area contributed by atoms with Crippen molar-refractivity contribution < 1.29 is 4.74 Å². The third-order valence-corrected chi connectivity index (χ3v) is 2.72. The second kappa shape index (κ2) is 7.39. The van der Waals surface area contributed by atoms with E-state index in [0.29, 0.717) is 6.04 Å². The largest absolute Gasteiger partial charge is 0.383 e. The molecule has 0 radical (unpaired) electrons. The van der Waals surface area contributed by atoms with Crippen molar-refractivity contribution in [3.8, 4) is 0 Å². The smallest absolute Gasteiger partial charge is 0.0589 e. The highest BCUT2D eigenvalue weighted by Gasteiger charge is 2.10. The minimum atomic E-state index is 0.378. The molecule has 16 heavy (non-hydrogen) atoms. The fourth-order valence-corrected chi connectivity index (χ4v) is 1.70. The fraction of sp³-hybridized carbons (Fsp3) is 0.538. The molecule has 0 aliphatic carbocycles. The number of rotatable bonds is 7. The van der Waals surface area contributed by atoms with Gasteiger partial charge >= 0.3 is 0 Å². The van der Waals surface area contributed by atoms with Crippen LogP contribution in [0, 0.1) is 0 Å². The van der Waals surface area contributed by atoms with Crippen LogP contribution in [-0.4, -0.2) is 45.8 Å². The second-order valence-electron chi connectivity index (χ2n) is 4.01. The zero-order chi connectivity index (χ0) is 11.8. The van der Waals surface area contributed by atoms with Gasteiger partial charge in [-0.3, -0.25) is 0 Å². The van der Waals surface area contributed by atoms with Gasteiger partial charge in [0.2, 0.25) is 0 Å². The molecule has 1 aromatic rings. The number of hydrogen-bond donors (Lipinski definition) is 1. The summed E-state index contributed by atoms with van der Waals surface area (Å²) < 4.78 is 5.07. The Morgan fingerprint density at radius 1 is 1.31 bits per heavy atom. The highest BCUT2D eigenvalue weighted by Crippen LogP contribution is 2.12. The molecule has 1 rings (SSSR count). The first-order valence-electron chi connectivity index (χ1n) is 5.67. The fourth-order valence-electron chi connectivity index (χ4n) is 1.70. The summed E-state index contributed by atoms with van der Waals surface area (Å²) in [5.74, 6) is 0. The molecule has 0 aliphatic rings. The second-order valence-corrected chi connectivity index (χ2v) is 4.01. The van der Waals surface area contributed by atoms with Crippen LogP contribution >= 0.6 is 0 Å². The summed E-state index contributed by atoms with van der Waals surface area (Å²) in [5.41, 5.74) is 1.33. The van der Waals surface area contributed by atoms with Crippen LogP contribution in [0.15, 0.2) is 30.3 Å². The lowest BCUT2D eigenvalue weighted by Crippen LogP contribution is -2.33. The molecule has 0 amide bonds. The van der Waals surface area contributed by atoms with E-state index in [0.717, 1.165) is 19.7 Å². The maximum atomic E-state index is 5.07. The van der Waals surface area contributed by atoms with Crippen LogP contribution < -0.4 is 5.32 Å². The summed E-state index contributed by atoms with van der Waals surface area (Å²) in [7, 11) is 5.86. The lowest BCUT2D eigenvalue weighted by atomic mass is 10.1. The highest BCUT2D eigenvalue weighted by molar-refractivity contribution is 5.19. The zero-order valence-corrected chi connectivity index (χ0v) is 10.4. The molecule has 3 heteroatoms. The van der Waals surface area contributed by atoms with E-state index in [2.05, 4.69) is 41.5 Å². The molecule has 0 saturated carbocycles. The number of methoxy groups -OCH3 is 1. The summed E-state index contributed by atoms with van der Waals surface area (Å²) >= 11 is 0. The SMILES string of the molecule is CNC(CN(C)CCOC)c1ccccc1. The summed E-state index contributed by atoms with van der Waals surface area (Å²) in [5, 5.41) is 3.34. The molecule has 1 N–H and O–H groups in total. The van der Waals surface area contributed by atoms with Crippen LogP contribution in [0.5, 0.6) is 0 Å². The summed E-state index contributed by atoms with van der Waals surface area (Å²) in [6, 6.07) is 10.9. The normalized spacial score (nSPS) is 13.0. The Morgan fingerprint density at radius 2 is 2.00 bits per heavy atom. The van der Waals surface area contributed by atoms with Gasteiger partial charge in [0.05, 0.1) is 6.61 Å². The van der Waals surface area contributed by atoms with Crippen LogP contribution in [-0.2, 0) is 4.74 Å². The zero-order valence-electron chi connectivity index (χ0n) is 10.4. The van der Waals surface area contributed by atoms with Gasteiger partial charge < -0.3 is 15.0 Å². The first-order valence-corrected chi connectivity index (χ1v) is 5.67. The van der Waals surface area contributed by atoms with Crippen LogP contribution in [0.25, 0.3) is 0 Å². The van der Waals surface area contributed by atoms with Gasteiger partial charge in [-0.25, -0.2) is 0 Å². The topological polar surface area (TPSA) is 24.5 Å². The Labute approximate surface area is 98.4 Å². The van der Waals surface area contributed by atoms with E-state index in [1.165, 1.54) is 5.56 Å². The summed E-state index contributed by atoms with van der Waals surface area (Å²) in [6.45, 7) is 2.73. The van der Waals surface area contributed by atoms with E-state index in [-0.39, 0.29) is 0 Å². The van der Waals surface area contributed by atoms with Crippen molar-refractivity contribution in [1.82, 2.24) is 10.2 Å². The first-order chi connectivity index (χ1) is 7.77. The van der Waals surface area contributed by atoms with Gasteiger partial charge in [0.25, 0.3) is 0 Å². The lowest BCUT2D eigenvalue weighted by molar-refractivity contribution is 0.156. The number of ether oxygens (including phenoxy) is 1. The van der Waals surface area contributed by atoms with Crippen molar-refractivity contribution in [2.24, 2.45) is 0 Å². The van der Waals surface area contributed by atoms with Gasteiger partial charge in [0.1, 0.15) is 0 Å². The lowest BCUT2D eigenvalue weighted by Gasteiger charge is -2.23. The quantitative estimate of drug-likeness (QED) is 0.757. The number of hydrogen-bond acceptors (Lipinski definition) is 3. The Bertz CT molecular complexity index is 277. The van der Waals surface area contributed by atoms with Gasteiger partial charge in [-0.15, -0.1) is 0 Å². The molecule has 3 nitrogen and oxygen atoms in total. The van der Waals surface area contributed by atoms with Gasteiger partial charge in [0, 0.05) is 26.2 Å². The number of nitrogens with zero attached hydrogens (tertiary/aromatic N) is 1. The Kier molecular flexibility index (Phi) is 6.08. The average molecular weight is 222 g/mol. The van der Waals surface area contributed by atoms with Gasteiger partial charge in [-0.1, -0.05) is 30.3 Å². The predicted molar refractivity (Wildman–Crippen MR) is 67.6 cm³/mol. The molecule has 0 saturated heterocycles. The maximum Gasteiger partial charge on any atom is 0.0589 e. The molecule has 0 aromatic heterocycles. The number of likely N-dealkylation sites (N-methyl/N-ethyl adjacent to an activating group) is 2. The molecule has 0 aliphatic heterocycles. The molecule has 1 aromatic carbocycles. The van der Waals surface area contributed by atoms with Gasteiger partial charge in [-0.2, -0.15) is 0 Å². The molecular formula is C13H22N2O. The van der Waals surface area contributed by atoms with Crippen molar-refractivity contribution in [3.05, 3.63) is 35.9 Å². The standard InChI is InChI=1S/C13H22N2O/c1-14-13(11-15(2)9-10-16-3)12-7-5-4-6-8-12/h4-8,13-14H,9-11H2,1-3H3. The van der Waals surface area contributed by atoms with Crippen LogP contribution in [0.1, 0.15) is 11.6 Å². The summed E-state index contributed by atoms with van der Waals surface area (Å²) in [4.78, 5) is 2.28. The highest BCUT2D eigenvalue weighted by atomic mass is 16.5. The molecule has 0 bridgehead atoms. The number of benzene rings is 1. The van der Waals surface area contributed by atoms with Gasteiger partial charge in [0.15, 0.2) is 0 Å². The van der Waals surface area contributed by atoms with Crippen LogP contribution in [0.4, 0.5) is 0 Å². The minimum Gasteiger partial charge on any atom is -0.383 e. The number of nitrogens with one attached hydrogen (secondary N) is 1. The van der Waals surface area contributed by atoms with Crippen molar-refractivity contribution in [2.75, 3.05) is 40.9 Å². The van der Waals surface area contributed by atoms with Crippen molar-refractivity contribution in [3.63, 3.8) is 0 Å². The van der Waals surface area contributed by atoms with Crippen LogP contribution in [0.2, 0.25) is 0 Å². The maximum absolute atomic E-state index is 5.07. The molecule has 0 fully saturated rings. The predicted octanol–water partition coefficient (Wildman–Crippen LogP) is 1.53. The monoisotopic (exact) mass is 222 g/mol. The molecule has 0 spiro atoms. The minimum absolute atomic E-state index is 0.378. The van der Waals surface area contributed by atoms with E-state index >= 15 is 0 Å². The third kappa shape index (κ3) is 4.31. The molecule has 0 heterocycles. The third-order valence-electron chi connectivity index (χ3n) is 2.72. The molecule has 1 atom stereocenters. The molecular weight excluding hydrogens is 200 g/mol. The van der Waals surface area contributed by atoms with E-state index in [4.69, 9.17) is 4.74 Å². The van der Waals surface area contributed by atoms with E-state index in [9.17, 15) is 0 Å². The first kappa shape index (κ1) is 13.2. The molecule has 90 valence electrons. The van der Waals surface area contributed by atoms with Crippen molar-refractivity contribution >= 4 is 0 Å². The Hall–Kier alpha value is -0.900. The van der Waals surface area contributed by atoms with Gasteiger partial charge in [-0.05, 0) is 19.7 Å².